The zero-order chi connectivity index (χ0) is 31.1. The third kappa shape index (κ3) is 6.90. The highest BCUT2D eigenvalue weighted by molar-refractivity contribution is 5.87. The van der Waals surface area contributed by atoms with Gasteiger partial charge in [0, 0.05) is 68.7 Å². The zero-order valence-corrected chi connectivity index (χ0v) is 26.0. The number of carbonyl (C=O) groups is 1. The van der Waals surface area contributed by atoms with Gasteiger partial charge in [-0.15, -0.1) is 0 Å². The first kappa shape index (κ1) is 29.6. The molecule has 1 aliphatic heterocycles. The SMILES string of the molecule is O=C(C[C@@H](c1cccc(Oc2ccccc2)c1)c1cn(Cc2ccccc2)c2ccccc12)N1CCN(Cc2ccccc2)CC1. The number of hydrogen-bond donors (Lipinski definition) is 0. The highest BCUT2D eigenvalue weighted by Crippen LogP contribution is 2.37. The maximum atomic E-state index is 14.1. The molecule has 0 N–H and O–H groups in total. The van der Waals surface area contributed by atoms with E-state index in [1.165, 1.54) is 27.6 Å². The Morgan fingerprint density at radius 1 is 0.630 bits per heavy atom. The van der Waals surface area contributed by atoms with E-state index in [0.29, 0.717) is 6.42 Å². The number of ether oxygens (including phenoxy) is 1. The van der Waals surface area contributed by atoms with Gasteiger partial charge in [-0.2, -0.15) is 0 Å². The van der Waals surface area contributed by atoms with Crippen LogP contribution >= 0.6 is 0 Å². The fourth-order valence-corrected chi connectivity index (χ4v) is 6.59. The normalized spacial score (nSPS) is 14.3. The summed E-state index contributed by atoms with van der Waals surface area (Å²) in [7, 11) is 0. The largest absolute Gasteiger partial charge is 0.457 e. The van der Waals surface area contributed by atoms with Crippen molar-refractivity contribution in [3.05, 3.63) is 168 Å². The average molecular weight is 606 g/mol. The van der Waals surface area contributed by atoms with Gasteiger partial charge in [0.2, 0.25) is 5.91 Å². The molecule has 5 aromatic carbocycles. The number of amides is 1. The molecule has 1 aliphatic rings. The molecule has 1 atom stereocenters. The molecule has 0 unspecified atom stereocenters. The molecular formula is C41H39N3O2. The Hall–Kier alpha value is -5.13. The van der Waals surface area contributed by atoms with Crippen LogP contribution in [-0.4, -0.2) is 46.5 Å². The van der Waals surface area contributed by atoms with Gasteiger partial charge in [0.15, 0.2) is 0 Å². The first-order chi connectivity index (χ1) is 22.7. The lowest BCUT2D eigenvalue weighted by atomic mass is 9.87. The number of benzene rings is 5. The maximum absolute atomic E-state index is 14.1. The average Bonchev–Trinajstić information content (AvgIpc) is 3.46. The van der Waals surface area contributed by atoms with Crippen LogP contribution in [0.2, 0.25) is 0 Å². The molecule has 1 fully saturated rings. The van der Waals surface area contributed by atoms with E-state index in [9.17, 15) is 4.79 Å². The van der Waals surface area contributed by atoms with Crippen LogP contribution in [0, 0.1) is 0 Å². The van der Waals surface area contributed by atoms with Crippen LogP contribution in [0.3, 0.4) is 0 Å². The summed E-state index contributed by atoms with van der Waals surface area (Å²) in [6.45, 7) is 4.92. The van der Waals surface area contributed by atoms with Crippen molar-refractivity contribution in [3.8, 4) is 11.5 Å². The second-order valence-corrected chi connectivity index (χ2v) is 12.1. The lowest BCUT2D eigenvalue weighted by molar-refractivity contribution is -0.133. The van der Waals surface area contributed by atoms with Crippen molar-refractivity contribution in [1.29, 1.82) is 0 Å². The summed E-state index contributed by atoms with van der Waals surface area (Å²) in [6.07, 6.45) is 2.66. The minimum atomic E-state index is -0.129. The number of para-hydroxylation sites is 2. The minimum absolute atomic E-state index is 0.129. The fourth-order valence-electron chi connectivity index (χ4n) is 6.59. The Bertz CT molecular complexity index is 1880. The molecule has 0 aliphatic carbocycles. The summed E-state index contributed by atoms with van der Waals surface area (Å²) >= 11 is 0. The molecule has 6 aromatic rings. The van der Waals surface area contributed by atoms with Crippen LogP contribution in [0.25, 0.3) is 10.9 Å². The van der Waals surface area contributed by atoms with Gasteiger partial charge in [0.1, 0.15) is 11.5 Å². The monoisotopic (exact) mass is 605 g/mol. The molecule has 1 amide bonds. The smallest absolute Gasteiger partial charge is 0.223 e. The van der Waals surface area contributed by atoms with Gasteiger partial charge in [-0.1, -0.05) is 109 Å². The third-order valence-corrected chi connectivity index (χ3v) is 8.98. The lowest BCUT2D eigenvalue weighted by Crippen LogP contribution is -2.48. The van der Waals surface area contributed by atoms with Gasteiger partial charge < -0.3 is 14.2 Å². The molecule has 46 heavy (non-hydrogen) atoms. The number of piperazine rings is 1. The van der Waals surface area contributed by atoms with Crippen molar-refractivity contribution < 1.29 is 9.53 Å². The van der Waals surface area contributed by atoms with Crippen molar-refractivity contribution >= 4 is 16.8 Å². The quantitative estimate of drug-likeness (QED) is 0.158. The molecule has 1 saturated heterocycles. The van der Waals surface area contributed by atoms with Crippen molar-refractivity contribution in [2.45, 2.75) is 25.4 Å². The van der Waals surface area contributed by atoms with Gasteiger partial charge >= 0.3 is 0 Å². The van der Waals surface area contributed by atoms with Gasteiger partial charge in [0.25, 0.3) is 0 Å². The first-order valence-electron chi connectivity index (χ1n) is 16.2. The molecule has 230 valence electrons. The number of fused-ring (bicyclic) bond motifs is 1. The predicted molar refractivity (Wildman–Crippen MR) is 185 cm³/mol. The molecule has 7 rings (SSSR count). The van der Waals surface area contributed by atoms with Crippen LogP contribution in [0.15, 0.2) is 146 Å². The summed E-state index contributed by atoms with van der Waals surface area (Å²) < 4.78 is 8.58. The molecule has 0 bridgehead atoms. The number of aromatic nitrogens is 1. The number of nitrogens with zero attached hydrogens (tertiary/aromatic N) is 3. The predicted octanol–water partition coefficient (Wildman–Crippen LogP) is 8.35. The Kier molecular flexibility index (Phi) is 8.93. The van der Waals surface area contributed by atoms with E-state index >= 15 is 0 Å². The van der Waals surface area contributed by atoms with Gasteiger partial charge in [0.05, 0.1) is 0 Å². The highest BCUT2D eigenvalue weighted by atomic mass is 16.5. The number of rotatable bonds is 10. The van der Waals surface area contributed by atoms with Gasteiger partial charge in [-0.3, -0.25) is 9.69 Å². The van der Waals surface area contributed by atoms with Crippen LogP contribution < -0.4 is 4.74 Å². The van der Waals surface area contributed by atoms with Crippen LogP contribution in [0.5, 0.6) is 11.5 Å². The van der Waals surface area contributed by atoms with Crippen LogP contribution in [0.1, 0.15) is 34.6 Å². The minimum Gasteiger partial charge on any atom is -0.457 e. The van der Waals surface area contributed by atoms with Crippen LogP contribution in [0.4, 0.5) is 0 Å². The summed E-state index contributed by atoms with van der Waals surface area (Å²) in [5.41, 5.74) is 5.97. The lowest BCUT2D eigenvalue weighted by Gasteiger charge is -2.35. The molecule has 0 radical (unpaired) electrons. The van der Waals surface area contributed by atoms with Gasteiger partial charge in [-0.05, 0) is 52.6 Å². The topological polar surface area (TPSA) is 37.7 Å². The molecule has 5 nitrogen and oxygen atoms in total. The van der Waals surface area contributed by atoms with E-state index in [4.69, 9.17) is 4.74 Å². The third-order valence-electron chi connectivity index (χ3n) is 8.98. The molecule has 1 aromatic heterocycles. The van der Waals surface area contributed by atoms with E-state index < -0.39 is 0 Å². The van der Waals surface area contributed by atoms with Crippen molar-refractivity contribution in [3.63, 3.8) is 0 Å². The first-order valence-corrected chi connectivity index (χ1v) is 16.2. The van der Waals surface area contributed by atoms with Crippen molar-refractivity contribution in [1.82, 2.24) is 14.4 Å². The number of hydrogen-bond acceptors (Lipinski definition) is 3. The Labute approximate surface area is 271 Å². The van der Waals surface area contributed by atoms with E-state index in [2.05, 4.69) is 118 Å². The highest BCUT2D eigenvalue weighted by Gasteiger charge is 2.28. The summed E-state index contributed by atoms with van der Waals surface area (Å²) in [5, 5.41) is 1.18. The maximum Gasteiger partial charge on any atom is 0.223 e. The summed E-state index contributed by atoms with van der Waals surface area (Å²) in [5.74, 6) is 1.62. The Morgan fingerprint density at radius 2 is 1.24 bits per heavy atom. The molecule has 2 heterocycles. The number of carbonyl (C=O) groups excluding carboxylic acids is 1. The van der Waals surface area contributed by atoms with E-state index in [-0.39, 0.29) is 11.8 Å². The van der Waals surface area contributed by atoms with Crippen LogP contribution in [-0.2, 0) is 17.9 Å². The van der Waals surface area contributed by atoms with Crippen molar-refractivity contribution in [2.24, 2.45) is 0 Å². The Balaban J connectivity index is 1.18. The summed E-state index contributed by atoms with van der Waals surface area (Å²) in [6, 6.07) is 47.8. The standard InChI is InChI=1S/C41H39N3O2/c45-41(43-25-23-42(24-26-43)29-32-13-4-1-5-14-32)28-38(34-17-12-20-36(27-34)46-35-18-8-3-9-19-35)39-31-44(30-33-15-6-2-7-16-33)40-22-11-10-21-37(39)40/h1-22,27,31,38H,23-26,28-30H2/t38-/m0/s1. The zero-order valence-electron chi connectivity index (χ0n) is 26.0. The molecule has 0 saturated carbocycles. The molecule has 0 spiro atoms. The molecular weight excluding hydrogens is 566 g/mol. The van der Waals surface area contributed by atoms with Gasteiger partial charge in [-0.25, -0.2) is 0 Å². The fraction of sp³-hybridized carbons (Fsp3) is 0.195. The second kappa shape index (κ2) is 13.9. The molecule has 5 heteroatoms. The Morgan fingerprint density at radius 3 is 1.96 bits per heavy atom. The van der Waals surface area contributed by atoms with Crippen molar-refractivity contribution in [2.75, 3.05) is 26.2 Å². The van der Waals surface area contributed by atoms with E-state index in [1.54, 1.807) is 0 Å². The summed E-state index contributed by atoms with van der Waals surface area (Å²) in [4.78, 5) is 18.6. The van der Waals surface area contributed by atoms with E-state index in [0.717, 1.165) is 56.3 Å². The second-order valence-electron chi connectivity index (χ2n) is 12.1. The van der Waals surface area contributed by atoms with E-state index in [1.807, 2.05) is 42.5 Å².